The van der Waals surface area contributed by atoms with Crippen molar-refractivity contribution < 1.29 is 4.79 Å². The van der Waals surface area contributed by atoms with E-state index >= 15 is 0 Å². The number of thiophene rings is 1. The van der Waals surface area contributed by atoms with Crippen molar-refractivity contribution in [3.63, 3.8) is 0 Å². The summed E-state index contributed by atoms with van der Waals surface area (Å²) in [5.74, 6) is 0.0279. The van der Waals surface area contributed by atoms with Gasteiger partial charge in [0.2, 0.25) is 0 Å². The number of hydrogen-bond acceptors (Lipinski definition) is 6. The first-order chi connectivity index (χ1) is 11.3. The second-order valence-corrected chi connectivity index (χ2v) is 6.46. The maximum absolute atomic E-state index is 12.5. The zero-order valence-electron chi connectivity index (χ0n) is 12.4. The number of anilines is 1. The predicted molar refractivity (Wildman–Crippen MR) is 89.5 cm³/mol. The van der Waals surface area contributed by atoms with Crippen molar-refractivity contribution >= 4 is 32.3 Å². The topological polar surface area (TPSA) is 71.0 Å². The minimum Gasteiger partial charge on any atom is -0.371 e. The van der Waals surface area contributed by atoms with Crippen LogP contribution >= 0.6 is 11.3 Å². The van der Waals surface area contributed by atoms with Crippen molar-refractivity contribution in [2.24, 2.45) is 0 Å². The molecule has 23 heavy (non-hydrogen) atoms. The molecule has 116 valence electrons. The number of aromatic nitrogens is 3. The van der Waals surface area contributed by atoms with Gasteiger partial charge >= 0.3 is 0 Å². The maximum atomic E-state index is 12.5. The molecule has 4 rings (SSSR count). The Hall–Kier alpha value is -2.54. The van der Waals surface area contributed by atoms with Crippen LogP contribution < -0.4 is 5.32 Å². The number of carbonyl (C=O) groups is 1. The molecule has 0 atom stereocenters. The Labute approximate surface area is 137 Å². The Morgan fingerprint density at radius 2 is 2.17 bits per heavy atom. The van der Waals surface area contributed by atoms with E-state index in [9.17, 15) is 4.79 Å². The molecule has 1 aliphatic rings. The molecule has 1 saturated heterocycles. The molecular formula is C16H15N5OS. The van der Waals surface area contributed by atoms with Crippen LogP contribution in [0.25, 0.3) is 10.1 Å². The molecule has 0 aromatic carbocycles. The summed E-state index contributed by atoms with van der Waals surface area (Å²) in [6.07, 6.45) is 7.85. The molecule has 1 fully saturated rings. The van der Waals surface area contributed by atoms with Gasteiger partial charge in [-0.3, -0.25) is 19.7 Å². The molecule has 7 heteroatoms. The van der Waals surface area contributed by atoms with Crippen molar-refractivity contribution in [3.8, 4) is 0 Å². The number of nitrogens with one attached hydrogen (secondary N) is 1. The Morgan fingerprint density at radius 1 is 1.26 bits per heavy atom. The Balaban J connectivity index is 1.59. The molecule has 3 aromatic heterocycles. The lowest BCUT2D eigenvalue weighted by Crippen LogP contribution is -2.42. The molecule has 4 heterocycles. The molecule has 6 nitrogen and oxygen atoms in total. The lowest BCUT2D eigenvalue weighted by molar-refractivity contribution is 0.0648. The molecule has 0 bridgehead atoms. The van der Waals surface area contributed by atoms with Gasteiger partial charge in [0.1, 0.15) is 5.69 Å². The summed E-state index contributed by atoms with van der Waals surface area (Å²) >= 11 is 1.62. The van der Waals surface area contributed by atoms with Gasteiger partial charge in [0.05, 0.1) is 23.4 Å². The van der Waals surface area contributed by atoms with Crippen LogP contribution in [-0.2, 0) is 6.54 Å². The lowest BCUT2D eigenvalue weighted by atomic mass is 10.1. The average molecular weight is 325 g/mol. The molecule has 0 unspecified atom stereocenters. The van der Waals surface area contributed by atoms with Crippen LogP contribution in [-0.4, -0.2) is 38.8 Å². The van der Waals surface area contributed by atoms with E-state index in [4.69, 9.17) is 0 Å². The lowest BCUT2D eigenvalue weighted by Gasteiger charge is -2.30. The number of carbonyl (C=O) groups excluding carboxylic acids is 1. The van der Waals surface area contributed by atoms with Gasteiger partial charge in [0, 0.05) is 41.8 Å². The predicted octanol–water partition coefficient (Wildman–Crippen LogP) is 2.54. The van der Waals surface area contributed by atoms with Crippen LogP contribution in [0.5, 0.6) is 0 Å². The van der Waals surface area contributed by atoms with Gasteiger partial charge in [-0.25, -0.2) is 0 Å². The van der Waals surface area contributed by atoms with Crippen molar-refractivity contribution in [3.05, 3.63) is 48.3 Å². The summed E-state index contributed by atoms with van der Waals surface area (Å²) < 4.78 is 1.06. The summed E-state index contributed by atoms with van der Waals surface area (Å²) in [5, 5.41) is 5.25. The Kier molecular flexibility index (Phi) is 3.63. The van der Waals surface area contributed by atoms with E-state index in [-0.39, 0.29) is 5.91 Å². The van der Waals surface area contributed by atoms with Gasteiger partial charge in [-0.05, 0) is 18.6 Å². The summed E-state index contributed by atoms with van der Waals surface area (Å²) in [6, 6.07) is 3.94. The van der Waals surface area contributed by atoms with Crippen molar-refractivity contribution in [2.75, 3.05) is 18.4 Å². The summed E-state index contributed by atoms with van der Waals surface area (Å²) in [4.78, 5) is 26.9. The summed E-state index contributed by atoms with van der Waals surface area (Å²) in [6.45, 7) is 2.27. The summed E-state index contributed by atoms with van der Waals surface area (Å²) in [5.41, 5.74) is 1.42. The monoisotopic (exact) mass is 325 g/mol. The van der Waals surface area contributed by atoms with Gasteiger partial charge in [0.25, 0.3) is 5.91 Å². The molecular weight excluding hydrogens is 310 g/mol. The van der Waals surface area contributed by atoms with Gasteiger partial charge < -0.3 is 10.2 Å². The molecule has 0 spiro atoms. The highest BCUT2D eigenvalue weighted by Crippen LogP contribution is 2.32. The molecule has 0 radical (unpaired) electrons. The Morgan fingerprint density at radius 3 is 2.91 bits per heavy atom. The van der Waals surface area contributed by atoms with Crippen LogP contribution in [0.3, 0.4) is 0 Å². The number of amides is 1. The number of pyridine rings is 1. The highest BCUT2D eigenvalue weighted by atomic mass is 32.1. The average Bonchev–Trinajstić information content (AvgIpc) is 2.95. The molecule has 1 aliphatic heterocycles. The molecule has 0 aliphatic carbocycles. The van der Waals surface area contributed by atoms with E-state index in [1.807, 2.05) is 17.0 Å². The van der Waals surface area contributed by atoms with Crippen molar-refractivity contribution in [1.82, 2.24) is 19.9 Å². The first-order valence-corrected chi connectivity index (χ1v) is 8.29. The number of fused-ring (bicyclic) bond motifs is 1. The van der Waals surface area contributed by atoms with Crippen LogP contribution in [0.1, 0.15) is 22.6 Å². The maximum Gasteiger partial charge on any atom is 0.273 e. The third-order valence-corrected chi connectivity index (χ3v) is 4.91. The van der Waals surface area contributed by atoms with Gasteiger partial charge in [0.15, 0.2) is 0 Å². The van der Waals surface area contributed by atoms with Gasteiger partial charge in [-0.1, -0.05) is 0 Å². The van der Waals surface area contributed by atoms with E-state index in [0.29, 0.717) is 12.2 Å². The fourth-order valence-electron chi connectivity index (χ4n) is 2.49. The van der Waals surface area contributed by atoms with Crippen LogP contribution in [0.15, 0.2) is 36.9 Å². The minimum atomic E-state index is 0.0279. The molecule has 1 N–H and O–H groups in total. The number of rotatable bonds is 4. The standard InChI is InChI=1S/C16H15N5OS/c22-16(21-6-1-7-21)15-12-8-14(23-13(12)2-3-19-15)20-10-11-9-17-4-5-18-11/h2-5,8-9,20H,1,6-7,10H2. The van der Waals surface area contributed by atoms with Gasteiger partial charge in [-0.2, -0.15) is 0 Å². The largest absolute Gasteiger partial charge is 0.371 e. The zero-order chi connectivity index (χ0) is 15.6. The third-order valence-electron chi connectivity index (χ3n) is 3.85. The van der Waals surface area contributed by atoms with Gasteiger partial charge in [-0.15, -0.1) is 11.3 Å². The smallest absolute Gasteiger partial charge is 0.273 e. The molecule has 3 aromatic rings. The van der Waals surface area contributed by atoms with E-state index < -0.39 is 0 Å². The fraction of sp³-hybridized carbons (Fsp3) is 0.250. The van der Waals surface area contributed by atoms with E-state index in [2.05, 4.69) is 20.3 Å². The molecule has 0 saturated carbocycles. The Bertz CT molecular complexity index is 844. The SMILES string of the molecule is O=C(c1nccc2sc(NCc3cnccn3)cc12)N1CCC1. The summed E-state index contributed by atoms with van der Waals surface area (Å²) in [7, 11) is 0. The van der Waals surface area contributed by atoms with Crippen LogP contribution in [0.2, 0.25) is 0 Å². The number of hydrogen-bond donors (Lipinski definition) is 1. The quantitative estimate of drug-likeness (QED) is 0.798. The van der Waals surface area contributed by atoms with E-state index in [0.717, 1.165) is 40.3 Å². The van der Waals surface area contributed by atoms with Crippen LogP contribution in [0, 0.1) is 0 Å². The van der Waals surface area contributed by atoms with E-state index in [1.165, 1.54) is 0 Å². The minimum absolute atomic E-state index is 0.0279. The fourth-order valence-corrected chi connectivity index (χ4v) is 3.44. The second-order valence-electron chi connectivity index (χ2n) is 5.38. The van der Waals surface area contributed by atoms with Crippen molar-refractivity contribution in [2.45, 2.75) is 13.0 Å². The van der Waals surface area contributed by atoms with Crippen molar-refractivity contribution in [1.29, 1.82) is 0 Å². The zero-order valence-corrected chi connectivity index (χ0v) is 13.2. The number of likely N-dealkylation sites (tertiary alicyclic amines) is 1. The first kappa shape index (κ1) is 14.1. The third kappa shape index (κ3) is 2.75. The van der Waals surface area contributed by atoms with Crippen LogP contribution in [0.4, 0.5) is 5.00 Å². The first-order valence-electron chi connectivity index (χ1n) is 7.48. The molecule has 1 amide bonds. The second kappa shape index (κ2) is 5.92. The van der Waals surface area contributed by atoms with E-state index in [1.54, 1.807) is 36.1 Å². The highest BCUT2D eigenvalue weighted by molar-refractivity contribution is 7.22. The highest BCUT2D eigenvalue weighted by Gasteiger charge is 2.24. The normalized spacial score (nSPS) is 13.8. The number of nitrogens with zero attached hydrogens (tertiary/aromatic N) is 4.